The van der Waals surface area contributed by atoms with Crippen LogP contribution in [-0.2, 0) is 12.8 Å². The highest BCUT2D eigenvalue weighted by atomic mass is 16.3. The summed E-state index contributed by atoms with van der Waals surface area (Å²) in [5, 5.41) is 10.3. The third-order valence-corrected chi connectivity index (χ3v) is 3.51. The Morgan fingerprint density at radius 2 is 1.81 bits per heavy atom. The SMILES string of the molecule is CCc1ccc(CC(O)c2cnc3ccccc3n2)nc1. The van der Waals surface area contributed by atoms with Crippen molar-refractivity contribution in [1.82, 2.24) is 15.0 Å². The molecule has 3 rings (SSSR count). The van der Waals surface area contributed by atoms with Gasteiger partial charge in [-0.25, -0.2) is 4.98 Å². The Labute approximate surface area is 123 Å². The van der Waals surface area contributed by atoms with Crippen molar-refractivity contribution in [3.05, 3.63) is 65.7 Å². The van der Waals surface area contributed by atoms with Gasteiger partial charge in [0.05, 0.1) is 22.9 Å². The molecule has 106 valence electrons. The van der Waals surface area contributed by atoms with E-state index < -0.39 is 6.10 Å². The third-order valence-electron chi connectivity index (χ3n) is 3.51. The Kier molecular flexibility index (Phi) is 3.88. The molecule has 0 aliphatic carbocycles. The van der Waals surface area contributed by atoms with Crippen molar-refractivity contribution in [3.8, 4) is 0 Å². The largest absolute Gasteiger partial charge is 0.386 e. The Balaban J connectivity index is 1.80. The number of aliphatic hydroxyl groups is 1. The van der Waals surface area contributed by atoms with Crippen LogP contribution in [0.25, 0.3) is 11.0 Å². The van der Waals surface area contributed by atoms with Crippen molar-refractivity contribution in [2.75, 3.05) is 0 Å². The molecule has 0 fully saturated rings. The molecule has 0 saturated carbocycles. The number of benzene rings is 1. The topological polar surface area (TPSA) is 58.9 Å². The first-order valence-electron chi connectivity index (χ1n) is 7.10. The molecular formula is C17H17N3O. The van der Waals surface area contributed by atoms with Gasteiger partial charge in [0.15, 0.2) is 0 Å². The van der Waals surface area contributed by atoms with Gasteiger partial charge in [-0.15, -0.1) is 0 Å². The van der Waals surface area contributed by atoms with E-state index >= 15 is 0 Å². The van der Waals surface area contributed by atoms with Crippen molar-refractivity contribution in [2.45, 2.75) is 25.9 Å². The summed E-state index contributed by atoms with van der Waals surface area (Å²) in [5.74, 6) is 0. The summed E-state index contributed by atoms with van der Waals surface area (Å²) in [6.07, 6.45) is 4.20. The summed E-state index contributed by atoms with van der Waals surface area (Å²) in [7, 11) is 0. The maximum atomic E-state index is 10.3. The number of aryl methyl sites for hydroxylation is 1. The zero-order valence-corrected chi connectivity index (χ0v) is 11.9. The second-order valence-electron chi connectivity index (χ2n) is 5.01. The number of pyridine rings is 1. The number of fused-ring (bicyclic) bond motifs is 1. The van der Waals surface area contributed by atoms with Crippen molar-refractivity contribution in [2.24, 2.45) is 0 Å². The van der Waals surface area contributed by atoms with Crippen molar-refractivity contribution >= 4 is 11.0 Å². The van der Waals surface area contributed by atoms with Gasteiger partial charge in [0.25, 0.3) is 0 Å². The molecule has 1 atom stereocenters. The minimum atomic E-state index is -0.693. The molecule has 0 aliphatic heterocycles. The lowest BCUT2D eigenvalue weighted by molar-refractivity contribution is 0.172. The molecule has 1 unspecified atom stereocenters. The summed E-state index contributed by atoms with van der Waals surface area (Å²) >= 11 is 0. The number of aliphatic hydroxyl groups excluding tert-OH is 1. The average Bonchev–Trinajstić information content (AvgIpc) is 2.55. The zero-order valence-electron chi connectivity index (χ0n) is 11.9. The van der Waals surface area contributed by atoms with Gasteiger partial charge < -0.3 is 5.11 Å². The highest BCUT2D eigenvalue weighted by Crippen LogP contribution is 2.17. The molecule has 0 spiro atoms. The number of rotatable bonds is 4. The van der Waals surface area contributed by atoms with Crippen LogP contribution < -0.4 is 0 Å². The number of hydrogen-bond donors (Lipinski definition) is 1. The predicted octanol–water partition coefficient (Wildman–Crippen LogP) is 2.86. The fourth-order valence-electron chi connectivity index (χ4n) is 2.22. The maximum absolute atomic E-state index is 10.3. The van der Waals surface area contributed by atoms with E-state index in [0.29, 0.717) is 12.1 Å². The van der Waals surface area contributed by atoms with Crippen molar-refractivity contribution in [1.29, 1.82) is 0 Å². The molecule has 21 heavy (non-hydrogen) atoms. The molecule has 4 nitrogen and oxygen atoms in total. The Bertz CT molecular complexity index is 740. The zero-order chi connectivity index (χ0) is 14.7. The molecule has 4 heteroatoms. The molecule has 0 aliphatic rings. The predicted molar refractivity (Wildman–Crippen MR) is 81.8 cm³/mol. The van der Waals surface area contributed by atoms with E-state index in [4.69, 9.17) is 0 Å². The number of nitrogens with zero attached hydrogens (tertiary/aromatic N) is 3. The van der Waals surface area contributed by atoms with Gasteiger partial charge in [0.2, 0.25) is 0 Å². The first kappa shape index (κ1) is 13.6. The van der Waals surface area contributed by atoms with Gasteiger partial charge in [-0.1, -0.05) is 25.1 Å². The highest BCUT2D eigenvalue weighted by molar-refractivity contribution is 5.73. The molecule has 2 heterocycles. The monoisotopic (exact) mass is 279 g/mol. The summed E-state index contributed by atoms with van der Waals surface area (Å²) in [5.41, 5.74) is 4.26. The molecular weight excluding hydrogens is 262 g/mol. The Hall–Kier alpha value is -2.33. The smallest absolute Gasteiger partial charge is 0.103 e. The van der Waals surface area contributed by atoms with Crippen LogP contribution in [-0.4, -0.2) is 20.1 Å². The number of hydrogen-bond acceptors (Lipinski definition) is 4. The van der Waals surface area contributed by atoms with Crippen LogP contribution in [0, 0.1) is 0 Å². The van der Waals surface area contributed by atoms with Gasteiger partial charge >= 0.3 is 0 Å². The first-order chi connectivity index (χ1) is 10.3. The van der Waals surface area contributed by atoms with E-state index in [1.165, 1.54) is 5.56 Å². The van der Waals surface area contributed by atoms with Gasteiger partial charge in [-0.05, 0) is 30.2 Å². The fraction of sp³-hybridized carbons (Fsp3) is 0.235. The highest BCUT2D eigenvalue weighted by Gasteiger charge is 2.12. The van der Waals surface area contributed by atoms with Gasteiger partial charge in [0, 0.05) is 18.3 Å². The van der Waals surface area contributed by atoms with Crippen LogP contribution in [0.5, 0.6) is 0 Å². The van der Waals surface area contributed by atoms with Gasteiger partial charge in [-0.2, -0.15) is 0 Å². The normalized spacial score (nSPS) is 12.5. The molecule has 1 aromatic carbocycles. The number of para-hydroxylation sites is 2. The molecule has 0 saturated heterocycles. The third kappa shape index (κ3) is 3.06. The second kappa shape index (κ2) is 5.97. The lowest BCUT2D eigenvalue weighted by atomic mass is 10.1. The van der Waals surface area contributed by atoms with Gasteiger partial charge in [0.1, 0.15) is 6.10 Å². The molecule has 3 aromatic rings. The molecule has 1 N–H and O–H groups in total. The molecule has 0 radical (unpaired) electrons. The summed E-state index contributed by atoms with van der Waals surface area (Å²) in [6, 6.07) is 11.6. The van der Waals surface area contributed by atoms with Crippen LogP contribution >= 0.6 is 0 Å². The van der Waals surface area contributed by atoms with Gasteiger partial charge in [-0.3, -0.25) is 9.97 Å². The Morgan fingerprint density at radius 3 is 2.52 bits per heavy atom. The Morgan fingerprint density at radius 1 is 1.00 bits per heavy atom. The minimum absolute atomic E-state index is 0.441. The standard InChI is InChI=1S/C17H17N3O/c1-2-12-7-8-13(18-10-12)9-17(21)16-11-19-14-5-3-4-6-15(14)20-16/h3-8,10-11,17,21H,2,9H2,1H3. The summed E-state index contributed by atoms with van der Waals surface area (Å²) in [6.45, 7) is 2.09. The maximum Gasteiger partial charge on any atom is 0.103 e. The number of aromatic nitrogens is 3. The van der Waals surface area contributed by atoms with Crippen LogP contribution in [0.15, 0.2) is 48.8 Å². The van der Waals surface area contributed by atoms with E-state index in [1.54, 1.807) is 6.20 Å². The summed E-state index contributed by atoms with van der Waals surface area (Å²) < 4.78 is 0. The van der Waals surface area contributed by atoms with Crippen molar-refractivity contribution in [3.63, 3.8) is 0 Å². The lowest BCUT2D eigenvalue weighted by Crippen LogP contribution is -2.06. The first-order valence-corrected chi connectivity index (χ1v) is 7.10. The molecule has 0 amide bonds. The quantitative estimate of drug-likeness (QED) is 0.797. The molecule has 0 bridgehead atoms. The second-order valence-corrected chi connectivity index (χ2v) is 5.01. The van der Waals surface area contributed by atoms with E-state index in [0.717, 1.165) is 23.1 Å². The van der Waals surface area contributed by atoms with E-state index in [9.17, 15) is 5.11 Å². The minimum Gasteiger partial charge on any atom is -0.386 e. The lowest BCUT2D eigenvalue weighted by Gasteiger charge is -2.10. The van der Waals surface area contributed by atoms with Crippen LogP contribution in [0.1, 0.15) is 30.0 Å². The average molecular weight is 279 g/mol. The van der Waals surface area contributed by atoms with Crippen molar-refractivity contribution < 1.29 is 5.11 Å². The van der Waals surface area contributed by atoms with Crippen LogP contribution in [0.4, 0.5) is 0 Å². The van der Waals surface area contributed by atoms with E-state index in [1.807, 2.05) is 42.6 Å². The fourth-order valence-corrected chi connectivity index (χ4v) is 2.22. The van der Waals surface area contributed by atoms with Crippen LogP contribution in [0.2, 0.25) is 0 Å². The van der Waals surface area contributed by atoms with Crippen LogP contribution in [0.3, 0.4) is 0 Å². The summed E-state index contributed by atoms with van der Waals surface area (Å²) in [4.78, 5) is 13.2. The van der Waals surface area contributed by atoms with E-state index in [2.05, 4.69) is 21.9 Å². The van der Waals surface area contributed by atoms with E-state index in [-0.39, 0.29) is 0 Å². The molecule has 2 aromatic heterocycles.